The number of ether oxygens (including phenoxy) is 1. The average Bonchev–Trinajstić information content (AvgIpc) is 3.09. The fraction of sp³-hybridized carbons (Fsp3) is 0.333. The Kier molecular flexibility index (Phi) is 5.35. The number of carbonyl (C=O) groups excluding carboxylic acids is 1. The zero-order chi connectivity index (χ0) is 22.3. The lowest BCUT2D eigenvalue weighted by Gasteiger charge is -2.12. The minimum absolute atomic E-state index is 0.0248. The number of nitrogens with zero attached hydrogens (tertiary/aromatic N) is 3. The monoisotopic (exact) mass is 419 g/mol. The van der Waals surface area contributed by atoms with Gasteiger partial charge in [-0.3, -0.25) is 4.79 Å². The molecule has 0 radical (unpaired) electrons. The van der Waals surface area contributed by atoms with Crippen LogP contribution in [0.1, 0.15) is 45.8 Å². The second kappa shape index (κ2) is 7.98. The lowest BCUT2D eigenvalue weighted by Crippen LogP contribution is -2.11. The molecule has 3 heterocycles. The van der Waals surface area contributed by atoms with Gasteiger partial charge in [-0.25, -0.2) is 14.3 Å². The summed E-state index contributed by atoms with van der Waals surface area (Å²) in [5, 5.41) is 5.25. The molecule has 7 nitrogen and oxygen atoms in total. The lowest BCUT2D eigenvalue weighted by molar-refractivity contribution is -0.144. The van der Waals surface area contributed by atoms with Crippen molar-refractivity contribution in [2.75, 3.05) is 0 Å². The number of rotatable bonds is 5. The number of carbonyl (C=O) groups is 1. The van der Waals surface area contributed by atoms with Crippen LogP contribution < -0.4 is 5.63 Å². The molecule has 0 aliphatic heterocycles. The average molecular weight is 419 g/mol. The van der Waals surface area contributed by atoms with Gasteiger partial charge < -0.3 is 9.15 Å². The standard InChI is InChI=1S/C24H25N3O4/c1-13-6-7-20-18(11-23(29)31-24(20)15(13)3)12-30-22(28)9-8-19-16(4)25-21-10-14(2)26-27(21)17(19)5/h6-7,10-11H,8-9,12H2,1-5H3. The van der Waals surface area contributed by atoms with E-state index in [1.807, 2.05) is 57.3 Å². The van der Waals surface area contributed by atoms with E-state index in [4.69, 9.17) is 9.15 Å². The topological polar surface area (TPSA) is 86.7 Å². The lowest BCUT2D eigenvalue weighted by atomic mass is 10.0. The zero-order valence-electron chi connectivity index (χ0n) is 18.4. The maximum absolute atomic E-state index is 12.5. The Morgan fingerprint density at radius 1 is 1.13 bits per heavy atom. The minimum atomic E-state index is -0.451. The van der Waals surface area contributed by atoms with Gasteiger partial charge >= 0.3 is 11.6 Å². The summed E-state index contributed by atoms with van der Waals surface area (Å²) in [5.41, 5.74) is 7.23. The molecule has 0 bridgehead atoms. The van der Waals surface area contributed by atoms with Crippen LogP contribution in [0.4, 0.5) is 0 Å². The maximum Gasteiger partial charge on any atom is 0.336 e. The van der Waals surface area contributed by atoms with Gasteiger partial charge in [0.2, 0.25) is 0 Å². The van der Waals surface area contributed by atoms with E-state index in [1.165, 1.54) is 6.07 Å². The third-order valence-electron chi connectivity index (χ3n) is 5.77. The number of fused-ring (bicyclic) bond motifs is 2. The normalized spacial score (nSPS) is 11.4. The summed E-state index contributed by atoms with van der Waals surface area (Å²) >= 11 is 0. The van der Waals surface area contributed by atoms with Gasteiger partial charge in [-0.1, -0.05) is 12.1 Å². The number of aromatic nitrogens is 3. The molecule has 4 aromatic rings. The van der Waals surface area contributed by atoms with Crippen LogP contribution in [-0.2, 0) is 22.6 Å². The summed E-state index contributed by atoms with van der Waals surface area (Å²) in [6, 6.07) is 7.18. The molecule has 0 unspecified atom stereocenters. The molecule has 0 N–H and O–H groups in total. The van der Waals surface area contributed by atoms with Crippen LogP contribution >= 0.6 is 0 Å². The number of benzene rings is 1. The first-order chi connectivity index (χ1) is 14.7. The van der Waals surface area contributed by atoms with E-state index < -0.39 is 5.63 Å². The SMILES string of the molecule is Cc1cc2nc(C)c(CCC(=O)OCc3cc(=O)oc4c(C)c(C)ccc34)c(C)n2n1. The second-order valence-corrected chi connectivity index (χ2v) is 7.95. The molecule has 0 spiro atoms. The van der Waals surface area contributed by atoms with Crippen molar-refractivity contribution >= 4 is 22.6 Å². The van der Waals surface area contributed by atoms with Gasteiger partial charge in [-0.05, 0) is 57.7 Å². The van der Waals surface area contributed by atoms with E-state index in [1.54, 1.807) is 0 Å². The molecule has 0 saturated carbocycles. The highest BCUT2D eigenvalue weighted by Gasteiger charge is 2.15. The molecule has 3 aromatic heterocycles. The van der Waals surface area contributed by atoms with Crippen LogP contribution in [0.5, 0.6) is 0 Å². The summed E-state index contributed by atoms with van der Waals surface area (Å²) in [6.45, 7) is 9.74. The number of aryl methyl sites for hydroxylation is 5. The highest BCUT2D eigenvalue weighted by Crippen LogP contribution is 2.24. The van der Waals surface area contributed by atoms with E-state index in [-0.39, 0.29) is 19.0 Å². The molecule has 0 atom stereocenters. The molecule has 0 amide bonds. The van der Waals surface area contributed by atoms with Crippen molar-refractivity contribution in [1.82, 2.24) is 14.6 Å². The van der Waals surface area contributed by atoms with Crippen molar-refractivity contribution < 1.29 is 13.9 Å². The quantitative estimate of drug-likeness (QED) is 0.358. The van der Waals surface area contributed by atoms with Crippen LogP contribution in [0.25, 0.3) is 16.6 Å². The molecule has 4 rings (SSSR count). The highest BCUT2D eigenvalue weighted by atomic mass is 16.5. The summed E-state index contributed by atoms with van der Waals surface area (Å²) in [6.07, 6.45) is 0.723. The number of hydrogen-bond acceptors (Lipinski definition) is 6. The molecule has 0 aliphatic rings. The smallest absolute Gasteiger partial charge is 0.336 e. The third kappa shape index (κ3) is 3.95. The Labute approximate surface area is 179 Å². The van der Waals surface area contributed by atoms with Crippen molar-refractivity contribution in [3.05, 3.63) is 74.0 Å². The molecular weight excluding hydrogens is 394 g/mol. The Morgan fingerprint density at radius 3 is 2.68 bits per heavy atom. The van der Waals surface area contributed by atoms with Gasteiger partial charge in [0.1, 0.15) is 12.2 Å². The van der Waals surface area contributed by atoms with Gasteiger partial charge in [0, 0.05) is 40.9 Å². The van der Waals surface area contributed by atoms with Crippen molar-refractivity contribution in [3.63, 3.8) is 0 Å². The van der Waals surface area contributed by atoms with Crippen LogP contribution in [0, 0.1) is 34.6 Å². The van der Waals surface area contributed by atoms with E-state index in [0.29, 0.717) is 17.6 Å². The second-order valence-electron chi connectivity index (χ2n) is 7.95. The van der Waals surface area contributed by atoms with Gasteiger partial charge in [0.15, 0.2) is 5.65 Å². The van der Waals surface area contributed by atoms with Crippen LogP contribution in [-0.4, -0.2) is 20.6 Å². The molecule has 0 fully saturated rings. The summed E-state index contributed by atoms with van der Waals surface area (Å²) in [7, 11) is 0. The summed E-state index contributed by atoms with van der Waals surface area (Å²) in [4.78, 5) is 29.0. The molecule has 7 heteroatoms. The predicted octanol–water partition coefficient (Wildman–Crippen LogP) is 4.05. The highest BCUT2D eigenvalue weighted by molar-refractivity contribution is 5.84. The Morgan fingerprint density at radius 2 is 1.90 bits per heavy atom. The molecule has 160 valence electrons. The van der Waals surface area contributed by atoms with E-state index in [9.17, 15) is 9.59 Å². The molecule has 31 heavy (non-hydrogen) atoms. The van der Waals surface area contributed by atoms with Crippen LogP contribution in [0.15, 0.2) is 33.5 Å². The summed E-state index contributed by atoms with van der Waals surface area (Å²) < 4.78 is 12.7. The van der Waals surface area contributed by atoms with E-state index >= 15 is 0 Å². The first-order valence-corrected chi connectivity index (χ1v) is 10.3. The predicted molar refractivity (Wildman–Crippen MR) is 117 cm³/mol. The van der Waals surface area contributed by atoms with Crippen molar-refractivity contribution in [3.8, 4) is 0 Å². The molecular formula is C24H25N3O4. The number of hydrogen-bond donors (Lipinski definition) is 0. The van der Waals surface area contributed by atoms with Crippen LogP contribution in [0.3, 0.4) is 0 Å². The van der Waals surface area contributed by atoms with Crippen molar-refractivity contribution in [2.45, 2.75) is 54.1 Å². The van der Waals surface area contributed by atoms with Crippen molar-refractivity contribution in [1.29, 1.82) is 0 Å². The summed E-state index contributed by atoms with van der Waals surface area (Å²) in [5.74, 6) is -0.333. The van der Waals surface area contributed by atoms with Gasteiger partial charge in [0.25, 0.3) is 0 Å². The number of esters is 1. The van der Waals surface area contributed by atoms with Gasteiger partial charge in [0.05, 0.1) is 5.69 Å². The van der Waals surface area contributed by atoms with Crippen molar-refractivity contribution in [2.24, 2.45) is 0 Å². The Hall–Kier alpha value is -3.48. The maximum atomic E-state index is 12.5. The van der Waals surface area contributed by atoms with Gasteiger partial charge in [-0.15, -0.1) is 0 Å². The van der Waals surface area contributed by atoms with Gasteiger partial charge in [-0.2, -0.15) is 5.10 Å². The molecule has 1 aromatic carbocycles. The first-order valence-electron chi connectivity index (χ1n) is 10.3. The Bertz CT molecular complexity index is 1380. The van der Waals surface area contributed by atoms with E-state index in [2.05, 4.69) is 10.1 Å². The largest absolute Gasteiger partial charge is 0.461 e. The Balaban J connectivity index is 1.49. The van der Waals surface area contributed by atoms with E-state index in [0.717, 1.165) is 44.8 Å². The fourth-order valence-electron chi connectivity index (χ4n) is 3.90. The third-order valence-corrected chi connectivity index (χ3v) is 5.77. The zero-order valence-corrected chi connectivity index (χ0v) is 18.4. The first kappa shape index (κ1) is 20.8. The van der Waals surface area contributed by atoms with Crippen LogP contribution in [0.2, 0.25) is 0 Å². The molecule has 0 aliphatic carbocycles. The fourth-order valence-corrected chi connectivity index (χ4v) is 3.90. The minimum Gasteiger partial charge on any atom is -0.461 e. The molecule has 0 saturated heterocycles.